The Balaban J connectivity index is -0.0000000225. The fraction of sp³-hybridized carbons (Fsp3) is 0. The second kappa shape index (κ2) is 40.9. The first-order valence-corrected chi connectivity index (χ1v) is 9.02. The van der Waals surface area contributed by atoms with Crippen molar-refractivity contribution in [3.63, 3.8) is 0 Å². The van der Waals surface area contributed by atoms with Crippen LogP contribution in [0.2, 0.25) is 0 Å². The third kappa shape index (κ3) is 26.7. The maximum atomic E-state index is 4.45. The monoisotopic (exact) mass is 490 g/mol. The van der Waals surface area contributed by atoms with Crippen molar-refractivity contribution in [2.75, 3.05) is 0 Å². The minimum absolute atomic E-state index is 1.96. The zero-order chi connectivity index (χ0) is 6.00. The van der Waals surface area contributed by atoms with E-state index in [0.29, 0.717) is 0 Å². The average Bonchev–Trinajstić information content (AvgIpc) is 1.81. The summed E-state index contributed by atoms with van der Waals surface area (Å²) in [5.74, 6) is 0. The van der Waals surface area contributed by atoms with Crippen LogP contribution in [0.1, 0.15) is 0 Å². The van der Waals surface area contributed by atoms with Crippen molar-refractivity contribution in [3.8, 4) is 0 Å². The van der Waals surface area contributed by atoms with Crippen molar-refractivity contribution < 1.29 is 40.0 Å². The Kier molecular flexibility index (Phi) is 110. The molecule has 0 saturated heterocycles. The molecule has 0 aliphatic carbocycles. The van der Waals surface area contributed by atoms with Crippen LogP contribution >= 0.6 is 51.4 Å². The van der Waals surface area contributed by atoms with Crippen LogP contribution in [0.25, 0.3) is 0 Å². The van der Waals surface area contributed by atoms with E-state index in [1.807, 2.05) is 20.4 Å². The van der Waals surface area contributed by atoms with Gasteiger partial charge < -0.3 is 0 Å². The van der Waals surface area contributed by atoms with Gasteiger partial charge in [-0.15, -0.1) is 0 Å². The molecule has 0 radical (unpaired) electrons. The molecule has 0 aromatic carbocycles. The number of halogens is 4. The molecule has 0 rings (SSSR count). The molecule has 50 valence electrons. The first kappa shape index (κ1) is 16.1. The van der Waals surface area contributed by atoms with Crippen LogP contribution in [0.4, 0.5) is 0 Å². The van der Waals surface area contributed by atoms with Gasteiger partial charge in [-0.2, -0.15) is 0 Å². The number of hydrogen-bond donors (Lipinski definition) is 0. The van der Waals surface area contributed by atoms with Crippen molar-refractivity contribution >= 4 is 51.4 Å². The molecule has 0 N–H and O–H groups in total. The van der Waals surface area contributed by atoms with Gasteiger partial charge in [0.25, 0.3) is 0 Å². The summed E-state index contributed by atoms with van der Waals surface area (Å²) in [6.07, 6.45) is 0. The van der Waals surface area contributed by atoms with Gasteiger partial charge in [-0.25, -0.2) is 0 Å². The molecule has 0 saturated carbocycles. The van der Waals surface area contributed by atoms with Crippen LogP contribution in [-0.4, -0.2) is 0 Å². The number of hydrogen-bond acceptors (Lipinski definition) is 0. The van der Waals surface area contributed by atoms with Gasteiger partial charge in [0.15, 0.2) is 0 Å². The average molecular weight is 493 g/mol. The molecule has 0 nitrogen and oxygen atoms in total. The van der Waals surface area contributed by atoms with Crippen LogP contribution in [0.15, 0.2) is 0 Å². The Morgan fingerprint density at radius 1 is 1.00 bits per heavy atom. The Bertz CT molecular complexity index is 11.5. The minimum atomic E-state index is 1.96. The predicted molar refractivity (Wildman–Crippen MR) is 34.7 cm³/mol. The Hall–Kier alpha value is 3.27. The molecule has 0 aromatic heterocycles. The Morgan fingerprint density at radius 3 is 1.00 bits per heavy atom. The van der Waals surface area contributed by atoms with Gasteiger partial charge in [0.05, 0.1) is 0 Å². The molecule has 0 aliphatic heterocycles. The van der Waals surface area contributed by atoms with Crippen LogP contribution in [0, 0.1) is 0 Å². The quantitative estimate of drug-likeness (QED) is 0.360. The topological polar surface area (TPSA) is 0 Å². The Morgan fingerprint density at radius 2 is 1.00 bits per heavy atom. The SMILES string of the molecule is BrI.[Cl][Ag].[Cl][Ag]. The van der Waals surface area contributed by atoms with Crippen LogP contribution in [0.5, 0.6) is 0 Å². The van der Waals surface area contributed by atoms with E-state index in [9.17, 15) is 0 Å². The molecule has 0 aromatic rings. The van der Waals surface area contributed by atoms with E-state index >= 15 is 0 Å². The van der Waals surface area contributed by atoms with Gasteiger partial charge >= 0.3 is 58.4 Å². The van der Waals surface area contributed by atoms with E-state index in [0.717, 1.165) is 0 Å². The summed E-state index contributed by atoms with van der Waals surface area (Å²) in [6, 6.07) is 0. The van der Waals surface area contributed by atoms with Crippen molar-refractivity contribution in [3.05, 3.63) is 0 Å². The van der Waals surface area contributed by atoms with E-state index in [-0.39, 0.29) is 0 Å². The van der Waals surface area contributed by atoms with Gasteiger partial charge in [-0.3, -0.25) is 0 Å². The molecule has 0 aliphatic rings. The molecule has 0 bridgehead atoms. The molecular weight excluding hydrogens is 493 g/mol. The molecule has 0 unspecified atom stereocenters. The Labute approximate surface area is 89.5 Å². The normalized spacial score (nSPS) is 3.33. The van der Waals surface area contributed by atoms with Crippen LogP contribution < -0.4 is 0 Å². The molecular formula is Ag2BrCl2I. The summed E-state index contributed by atoms with van der Waals surface area (Å²) in [6.45, 7) is 0. The molecule has 0 heterocycles. The van der Waals surface area contributed by atoms with E-state index in [1.54, 1.807) is 0 Å². The first-order chi connectivity index (χ1) is 3.00. The van der Waals surface area contributed by atoms with Crippen LogP contribution in [0.3, 0.4) is 0 Å². The summed E-state index contributed by atoms with van der Waals surface area (Å²) in [5, 5.41) is 0. The third-order valence-electron chi connectivity index (χ3n) is 0. The summed E-state index contributed by atoms with van der Waals surface area (Å²) >= 11 is 9.71. The molecule has 6 heteroatoms. The van der Waals surface area contributed by atoms with E-state index in [4.69, 9.17) is 0 Å². The van der Waals surface area contributed by atoms with Crippen LogP contribution in [-0.2, 0) is 40.0 Å². The molecule has 6 heavy (non-hydrogen) atoms. The fourth-order valence-corrected chi connectivity index (χ4v) is 0. The van der Waals surface area contributed by atoms with Crippen molar-refractivity contribution in [2.24, 2.45) is 0 Å². The molecule has 0 spiro atoms. The zero-order valence-corrected chi connectivity index (χ0v) is 10.3. The van der Waals surface area contributed by atoms with Gasteiger partial charge in [0, 0.05) is 20.4 Å². The van der Waals surface area contributed by atoms with E-state index in [1.165, 1.54) is 0 Å². The van der Waals surface area contributed by atoms with Gasteiger partial charge in [0.1, 0.15) is 0 Å². The summed E-state index contributed by atoms with van der Waals surface area (Å²) in [4.78, 5) is 0. The summed E-state index contributed by atoms with van der Waals surface area (Å²) in [7, 11) is 8.90. The predicted octanol–water partition coefficient (Wildman–Crippen LogP) is 3.11. The zero-order valence-electron chi connectivity index (χ0n) is 2.11. The van der Waals surface area contributed by atoms with Crippen molar-refractivity contribution in [1.82, 2.24) is 0 Å². The van der Waals surface area contributed by atoms with Crippen molar-refractivity contribution in [1.29, 1.82) is 0 Å². The molecule has 0 atom stereocenters. The summed E-state index contributed by atoms with van der Waals surface area (Å²) in [5.41, 5.74) is 0. The van der Waals surface area contributed by atoms with Gasteiger partial charge in [-0.05, 0) is 12.7 Å². The second-order valence-electron chi connectivity index (χ2n) is 0. The number of rotatable bonds is 0. The fourth-order valence-electron chi connectivity index (χ4n) is 0. The van der Waals surface area contributed by atoms with Gasteiger partial charge in [-0.1, -0.05) is 0 Å². The molecule has 0 fully saturated rings. The first-order valence-electron chi connectivity index (χ1n) is 0.371. The van der Waals surface area contributed by atoms with Crippen molar-refractivity contribution in [2.45, 2.75) is 0 Å². The molecule has 0 amide bonds. The van der Waals surface area contributed by atoms with E-state index < -0.39 is 0 Å². The van der Waals surface area contributed by atoms with Gasteiger partial charge in [0.2, 0.25) is 0 Å². The second-order valence-corrected chi connectivity index (χ2v) is 0. The maximum absolute atomic E-state index is 4.45. The standard InChI is InChI=1S/2Ag.BrI.2ClH/c;;1-2;;/h;;;2*1H/q2*+1;;;/p-2. The summed E-state index contributed by atoms with van der Waals surface area (Å²) < 4.78 is 0. The van der Waals surface area contributed by atoms with E-state index in [2.05, 4.69) is 71.0 Å². The third-order valence-corrected chi connectivity index (χ3v) is 0.